The largest absolute Gasteiger partial charge is 0.237 e. The molecule has 82 valence electrons. The Hall–Kier alpha value is -2.42. The van der Waals surface area contributed by atoms with Gasteiger partial charge in [0.15, 0.2) is 5.65 Å². The van der Waals surface area contributed by atoms with Crippen LogP contribution >= 0.6 is 0 Å². The number of rotatable bonds is 2. The van der Waals surface area contributed by atoms with E-state index in [2.05, 4.69) is 16.7 Å². The van der Waals surface area contributed by atoms with Crippen LogP contribution in [0.2, 0.25) is 0 Å². The lowest BCUT2D eigenvalue weighted by molar-refractivity contribution is 0.943. The molecule has 0 spiro atoms. The van der Waals surface area contributed by atoms with Gasteiger partial charge in [-0.2, -0.15) is 5.10 Å². The highest BCUT2D eigenvalue weighted by atomic mass is 15.2. The number of nitrogens with zero attached hydrogens (tertiary/aromatic N) is 3. The number of benzene rings is 1. The van der Waals surface area contributed by atoms with Crippen molar-refractivity contribution in [1.82, 2.24) is 14.6 Å². The number of aromatic nitrogens is 3. The third-order valence-electron chi connectivity index (χ3n) is 2.68. The molecule has 0 radical (unpaired) electrons. The smallest absolute Gasteiger partial charge is 0.155 e. The Kier molecular flexibility index (Phi) is 2.22. The molecule has 0 unspecified atom stereocenters. The second kappa shape index (κ2) is 3.87. The summed E-state index contributed by atoms with van der Waals surface area (Å²) in [4.78, 5) is 4.25. The van der Waals surface area contributed by atoms with E-state index in [1.165, 1.54) is 0 Å². The molecule has 0 aliphatic rings. The molecule has 1 aromatic carbocycles. The van der Waals surface area contributed by atoms with E-state index >= 15 is 0 Å². The first-order chi connectivity index (χ1) is 8.36. The maximum atomic E-state index is 4.47. The van der Waals surface area contributed by atoms with Crippen LogP contribution < -0.4 is 0 Å². The van der Waals surface area contributed by atoms with Crippen molar-refractivity contribution in [3.63, 3.8) is 0 Å². The van der Waals surface area contributed by atoms with E-state index in [9.17, 15) is 0 Å². The first kappa shape index (κ1) is 9.78. The van der Waals surface area contributed by atoms with Crippen LogP contribution in [-0.2, 0) is 0 Å². The average Bonchev–Trinajstić information content (AvgIpc) is 2.82. The second-order valence-electron chi connectivity index (χ2n) is 3.78. The maximum Gasteiger partial charge on any atom is 0.155 e. The summed E-state index contributed by atoms with van der Waals surface area (Å²) in [5.41, 5.74) is 3.98. The molecule has 0 saturated heterocycles. The fourth-order valence-corrected chi connectivity index (χ4v) is 1.76. The molecule has 0 amide bonds. The highest BCUT2D eigenvalue weighted by molar-refractivity contribution is 5.65. The Labute approximate surface area is 99.1 Å². The third-order valence-corrected chi connectivity index (χ3v) is 2.68. The summed E-state index contributed by atoms with van der Waals surface area (Å²) in [6, 6.07) is 12.0. The Balaban J connectivity index is 2.10. The monoisotopic (exact) mass is 221 g/mol. The molecule has 2 heterocycles. The van der Waals surface area contributed by atoms with Crippen molar-refractivity contribution < 1.29 is 0 Å². The highest BCUT2D eigenvalue weighted by Crippen LogP contribution is 2.19. The molecule has 0 aliphatic carbocycles. The van der Waals surface area contributed by atoms with Gasteiger partial charge in [0.05, 0.1) is 5.69 Å². The molecule has 0 saturated carbocycles. The Morgan fingerprint density at radius 3 is 2.71 bits per heavy atom. The first-order valence-corrected chi connectivity index (χ1v) is 5.40. The summed E-state index contributed by atoms with van der Waals surface area (Å²) in [5.74, 6) is 0. The van der Waals surface area contributed by atoms with Crippen molar-refractivity contribution in [2.45, 2.75) is 0 Å². The molecular formula is C14H11N3. The predicted octanol–water partition coefficient (Wildman–Crippen LogP) is 3.04. The highest BCUT2D eigenvalue weighted by Gasteiger charge is 2.03. The van der Waals surface area contributed by atoms with Crippen LogP contribution in [0.1, 0.15) is 5.56 Å². The molecule has 0 atom stereocenters. The summed E-state index contributed by atoms with van der Waals surface area (Å²) in [5, 5.41) is 4.47. The summed E-state index contributed by atoms with van der Waals surface area (Å²) in [6.45, 7) is 3.74. The molecule has 0 bridgehead atoms. The molecule has 3 aromatic rings. The Morgan fingerprint density at radius 1 is 1.18 bits per heavy atom. The van der Waals surface area contributed by atoms with Crippen LogP contribution in [0.3, 0.4) is 0 Å². The lowest BCUT2D eigenvalue weighted by atomic mass is 10.1. The van der Waals surface area contributed by atoms with Gasteiger partial charge in [0, 0.05) is 24.0 Å². The molecule has 3 rings (SSSR count). The van der Waals surface area contributed by atoms with Gasteiger partial charge in [0.2, 0.25) is 0 Å². The minimum Gasteiger partial charge on any atom is -0.237 e. The quantitative estimate of drug-likeness (QED) is 0.665. The average molecular weight is 221 g/mol. The predicted molar refractivity (Wildman–Crippen MR) is 68.5 cm³/mol. The van der Waals surface area contributed by atoms with Gasteiger partial charge in [-0.05, 0) is 11.6 Å². The van der Waals surface area contributed by atoms with Crippen molar-refractivity contribution in [2.75, 3.05) is 0 Å². The van der Waals surface area contributed by atoms with Crippen molar-refractivity contribution in [2.24, 2.45) is 0 Å². The van der Waals surface area contributed by atoms with E-state index in [0.29, 0.717) is 0 Å². The topological polar surface area (TPSA) is 30.2 Å². The maximum absolute atomic E-state index is 4.47. The van der Waals surface area contributed by atoms with Crippen molar-refractivity contribution >= 4 is 11.7 Å². The van der Waals surface area contributed by atoms with E-state index in [-0.39, 0.29) is 0 Å². The molecule has 0 N–H and O–H groups in total. The van der Waals surface area contributed by atoms with Gasteiger partial charge < -0.3 is 0 Å². The van der Waals surface area contributed by atoms with Crippen molar-refractivity contribution in [3.05, 3.63) is 60.9 Å². The van der Waals surface area contributed by atoms with Crippen LogP contribution in [0.5, 0.6) is 0 Å². The van der Waals surface area contributed by atoms with E-state index in [1.807, 2.05) is 48.7 Å². The Morgan fingerprint density at radius 2 is 2.00 bits per heavy atom. The molecule has 3 heteroatoms. The zero-order valence-electron chi connectivity index (χ0n) is 9.24. The SMILES string of the molecule is C=Cc1ccc(-c2cc3ncccn3n2)cc1. The third kappa shape index (κ3) is 1.72. The standard InChI is InChI=1S/C14H11N3/c1-2-11-4-6-12(7-5-11)13-10-14-15-8-3-9-17(14)16-13/h2-10H,1H2. The zero-order valence-corrected chi connectivity index (χ0v) is 9.24. The number of hydrogen-bond donors (Lipinski definition) is 0. The van der Waals surface area contributed by atoms with Crippen LogP contribution in [0.25, 0.3) is 23.0 Å². The number of fused-ring (bicyclic) bond motifs is 1. The van der Waals surface area contributed by atoms with Crippen molar-refractivity contribution in [1.29, 1.82) is 0 Å². The summed E-state index contributed by atoms with van der Waals surface area (Å²) < 4.78 is 1.77. The second-order valence-corrected chi connectivity index (χ2v) is 3.78. The molecule has 0 fully saturated rings. The van der Waals surface area contributed by atoms with Gasteiger partial charge in [0.25, 0.3) is 0 Å². The minimum atomic E-state index is 0.857. The van der Waals surface area contributed by atoms with Gasteiger partial charge >= 0.3 is 0 Å². The van der Waals surface area contributed by atoms with Crippen molar-refractivity contribution in [3.8, 4) is 11.3 Å². The molecule has 0 aliphatic heterocycles. The van der Waals surface area contributed by atoms with E-state index < -0.39 is 0 Å². The lowest BCUT2D eigenvalue weighted by Gasteiger charge is -1.96. The van der Waals surface area contributed by atoms with E-state index in [4.69, 9.17) is 0 Å². The fraction of sp³-hybridized carbons (Fsp3) is 0. The normalized spacial score (nSPS) is 10.6. The zero-order chi connectivity index (χ0) is 11.7. The van der Waals surface area contributed by atoms with E-state index in [0.717, 1.165) is 22.5 Å². The van der Waals surface area contributed by atoms with Gasteiger partial charge in [-0.3, -0.25) is 0 Å². The molecular weight excluding hydrogens is 210 g/mol. The van der Waals surface area contributed by atoms with Gasteiger partial charge in [0.1, 0.15) is 0 Å². The van der Waals surface area contributed by atoms with Gasteiger partial charge in [-0.1, -0.05) is 36.9 Å². The van der Waals surface area contributed by atoms with E-state index in [1.54, 1.807) is 10.7 Å². The van der Waals surface area contributed by atoms with Crippen LogP contribution in [-0.4, -0.2) is 14.6 Å². The van der Waals surface area contributed by atoms with Crippen LogP contribution in [0, 0.1) is 0 Å². The molecule has 17 heavy (non-hydrogen) atoms. The first-order valence-electron chi connectivity index (χ1n) is 5.40. The minimum absolute atomic E-state index is 0.857. The van der Waals surface area contributed by atoms with Gasteiger partial charge in [-0.15, -0.1) is 0 Å². The summed E-state index contributed by atoms with van der Waals surface area (Å²) in [6.07, 6.45) is 5.49. The summed E-state index contributed by atoms with van der Waals surface area (Å²) >= 11 is 0. The number of hydrogen-bond acceptors (Lipinski definition) is 2. The van der Waals surface area contributed by atoms with Crippen LogP contribution in [0.4, 0.5) is 0 Å². The Bertz CT molecular complexity index is 632. The molecule has 3 nitrogen and oxygen atoms in total. The summed E-state index contributed by atoms with van der Waals surface area (Å²) in [7, 11) is 0. The van der Waals surface area contributed by atoms with Gasteiger partial charge in [-0.25, -0.2) is 9.50 Å². The lowest BCUT2D eigenvalue weighted by Crippen LogP contribution is -1.87. The van der Waals surface area contributed by atoms with Crippen LogP contribution in [0.15, 0.2) is 55.4 Å². The fourth-order valence-electron chi connectivity index (χ4n) is 1.76. The molecule has 2 aromatic heterocycles.